The second kappa shape index (κ2) is 6.50. The summed E-state index contributed by atoms with van der Waals surface area (Å²) in [5.74, 6) is -0.235. The quantitative estimate of drug-likeness (QED) is 0.840. The first-order valence-corrected chi connectivity index (χ1v) is 9.19. The van der Waals surface area contributed by atoms with Crippen molar-refractivity contribution in [2.75, 3.05) is 7.05 Å². The fourth-order valence-corrected chi connectivity index (χ4v) is 4.03. The van der Waals surface area contributed by atoms with E-state index in [1.807, 2.05) is 0 Å². The van der Waals surface area contributed by atoms with E-state index in [2.05, 4.69) is 15.2 Å². The van der Waals surface area contributed by atoms with Crippen LogP contribution in [0.25, 0.3) is 0 Å². The van der Waals surface area contributed by atoms with Crippen LogP contribution in [0.2, 0.25) is 0 Å². The molecule has 132 valence electrons. The predicted octanol–water partition coefficient (Wildman–Crippen LogP) is 2.13. The molecule has 2 N–H and O–H groups in total. The Balaban J connectivity index is 1.56. The predicted molar refractivity (Wildman–Crippen MR) is 94.7 cm³/mol. The summed E-state index contributed by atoms with van der Waals surface area (Å²) in [6.07, 6.45) is 8.51. The molecule has 0 radical (unpaired) electrons. The Morgan fingerprint density at radius 2 is 1.92 bits per heavy atom. The van der Waals surface area contributed by atoms with Gasteiger partial charge in [-0.15, -0.1) is 0 Å². The minimum absolute atomic E-state index is 0.235. The number of fused-ring (bicyclic) bond motifs is 2. The van der Waals surface area contributed by atoms with E-state index in [0.717, 1.165) is 49.1 Å². The number of rotatable bonds is 3. The van der Waals surface area contributed by atoms with Gasteiger partial charge in [0, 0.05) is 18.4 Å². The number of pyridine rings is 1. The minimum atomic E-state index is -0.279. The molecule has 6 nitrogen and oxygen atoms in total. The molecule has 4 rings (SSSR count). The van der Waals surface area contributed by atoms with Crippen LogP contribution in [0.1, 0.15) is 64.2 Å². The number of hydrogen-bond donors (Lipinski definition) is 2. The van der Waals surface area contributed by atoms with Crippen molar-refractivity contribution in [3.05, 3.63) is 50.2 Å². The molecular formula is C19H24N4O2. The SMILES string of the molecule is CN(Cc1n[nH]c2c1CCCCC2)C(=O)c1cc2c([nH]c1=O)CCC2. The van der Waals surface area contributed by atoms with E-state index < -0.39 is 0 Å². The molecule has 0 bridgehead atoms. The zero-order valence-corrected chi connectivity index (χ0v) is 14.7. The summed E-state index contributed by atoms with van der Waals surface area (Å²) in [4.78, 5) is 29.6. The molecule has 6 heteroatoms. The van der Waals surface area contributed by atoms with Gasteiger partial charge in [0.05, 0.1) is 12.2 Å². The van der Waals surface area contributed by atoms with Crippen molar-refractivity contribution in [3.63, 3.8) is 0 Å². The van der Waals surface area contributed by atoms with Crippen LogP contribution in [0.15, 0.2) is 10.9 Å². The topological polar surface area (TPSA) is 81.8 Å². The van der Waals surface area contributed by atoms with Crippen molar-refractivity contribution in [1.29, 1.82) is 0 Å². The third kappa shape index (κ3) is 3.01. The number of carbonyl (C=O) groups excluding carboxylic acids is 1. The maximum absolute atomic E-state index is 12.8. The maximum Gasteiger partial charge on any atom is 0.261 e. The summed E-state index contributed by atoms with van der Waals surface area (Å²) in [6.45, 7) is 0.432. The summed E-state index contributed by atoms with van der Waals surface area (Å²) in [5, 5.41) is 7.57. The first-order valence-electron chi connectivity index (χ1n) is 9.19. The van der Waals surface area contributed by atoms with Crippen molar-refractivity contribution in [3.8, 4) is 0 Å². The summed E-state index contributed by atoms with van der Waals surface area (Å²) in [7, 11) is 1.74. The molecular weight excluding hydrogens is 316 g/mol. The number of H-pyrrole nitrogens is 2. The number of amides is 1. The van der Waals surface area contributed by atoms with E-state index in [1.165, 1.54) is 30.5 Å². The second-order valence-electron chi connectivity index (χ2n) is 7.22. The van der Waals surface area contributed by atoms with Gasteiger partial charge < -0.3 is 9.88 Å². The van der Waals surface area contributed by atoms with Gasteiger partial charge >= 0.3 is 0 Å². The molecule has 0 fully saturated rings. The van der Waals surface area contributed by atoms with E-state index in [1.54, 1.807) is 18.0 Å². The number of nitrogens with one attached hydrogen (secondary N) is 2. The van der Waals surface area contributed by atoms with Gasteiger partial charge in [0.1, 0.15) is 5.56 Å². The standard InChI is InChI=1S/C19H24N4O2/c1-23(11-17-13-7-3-2-4-8-16(13)21-22-17)19(25)14-10-12-6-5-9-15(12)20-18(14)24/h10H,2-9,11H2,1H3,(H,20,24)(H,21,22). The average molecular weight is 340 g/mol. The Bertz CT molecular complexity index is 865. The van der Waals surface area contributed by atoms with Crippen LogP contribution >= 0.6 is 0 Å². The zero-order valence-electron chi connectivity index (χ0n) is 14.7. The second-order valence-corrected chi connectivity index (χ2v) is 7.22. The minimum Gasteiger partial charge on any atom is -0.336 e. The van der Waals surface area contributed by atoms with Gasteiger partial charge in [-0.2, -0.15) is 5.10 Å². The molecule has 0 spiro atoms. The number of aromatic nitrogens is 3. The molecule has 0 saturated heterocycles. The summed E-state index contributed by atoms with van der Waals surface area (Å²) in [5.41, 5.74) is 5.46. The molecule has 0 aromatic carbocycles. The number of hydrogen-bond acceptors (Lipinski definition) is 3. The molecule has 2 heterocycles. The van der Waals surface area contributed by atoms with Crippen molar-refractivity contribution in [2.24, 2.45) is 0 Å². The lowest BCUT2D eigenvalue weighted by Gasteiger charge is -2.17. The van der Waals surface area contributed by atoms with Gasteiger partial charge in [0.25, 0.3) is 11.5 Å². The van der Waals surface area contributed by atoms with Gasteiger partial charge in [-0.05, 0) is 62.1 Å². The van der Waals surface area contributed by atoms with Crippen molar-refractivity contribution in [1.82, 2.24) is 20.1 Å². The van der Waals surface area contributed by atoms with Gasteiger partial charge in [0.2, 0.25) is 0 Å². The Hall–Kier alpha value is -2.37. The molecule has 0 saturated carbocycles. The molecule has 2 aromatic heterocycles. The van der Waals surface area contributed by atoms with Gasteiger partial charge in [-0.25, -0.2) is 0 Å². The highest BCUT2D eigenvalue weighted by atomic mass is 16.2. The molecule has 2 aromatic rings. The van der Waals surface area contributed by atoms with Crippen molar-refractivity contribution < 1.29 is 4.79 Å². The van der Waals surface area contributed by atoms with Crippen LogP contribution in [0.4, 0.5) is 0 Å². The highest BCUT2D eigenvalue weighted by molar-refractivity contribution is 5.93. The van der Waals surface area contributed by atoms with E-state index in [4.69, 9.17) is 0 Å². The van der Waals surface area contributed by atoms with Crippen molar-refractivity contribution >= 4 is 5.91 Å². The lowest BCUT2D eigenvalue weighted by atomic mass is 10.1. The van der Waals surface area contributed by atoms with Gasteiger partial charge in [-0.1, -0.05) is 6.42 Å². The molecule has 2 aliphatic rings. The summed E-state index contributed by atoms with van der Waals surface area (Å²) >= 11 is 0. The number of aryl methyl sites for hydroxylation is 3. The normalized spacial score (nSPS) is 16.2. The van der Waals surface area contributed by atoms with Crippen LogP contribution < -0.4 is 5.56 Å². The molecule has 0 atom stereocenters. The first kappa shape index (κ1) is 16.1. The van der Waals surface area contributed by atoms with Crippen LogP contribution in [-0.4, -0.2) is 33.0 Å². The third-order valence-corrected chi connectivity index (χ3v) is 5.44. The smallest absolute Gasteiger partial charge is 0.261 e. The Labute approximate surface area is 146 Å². The Morgan fingerprint density at radius 1 is 1.12 bits per heavy atom. The first-order chi connectivity index (χ1) is 12.1. The highest BCUT2D eigenvalue weighted by Crippen LogP contribution is 2.23. The highest BCUT2D eigenvalue weighted by Gasteiger charge is 2.23. The van der Waals surface area contributed by atoms with E-state index in [9.17, 15) is 9.59 Å². The summed E-state index contributed by atoms with van der Waals surface area (Å²) < 4.78 is 0. The maximum atomic E-state index is 12.8. The fraction of sp³-hybridized carbons (Fsp3) is 0.526. The lowest BCUT2D eigenvalue weighted by Crippen LogP contribution is -2.32. The van der Waals surface area contributed by atoms with Crippen LogP contribution in [-0.2, 0) is 32.2 Å². The number of nitrogens with zero attached hydrogens (tertiary/aromatic N) is 2. The van der Waals surface area contributed by atoms with E-state index in [0.29, 0.717) is 6.54 Å². The monoisotopic (exact) mass is 340 g/mol. The lowest BCUT2D eigenvalue weighted by molar-refractivity contribution is 0.0781. The zero-order chi connectivity index (χ0) is 17.4. The van der Waals surface area contributed by atoms with Crippen LogP contribution in [0.3, 0.4) is 0 Å². The van der Waals surface area contributed by atoms with E-state index in [-0.39, 0.29) is 17.0 Å². The van der Waals surface area contributed by atoms with Crippen molar-refractivity contribution in [2.45, 2.75) is 57.9 Å². The average Bonchev–Trinajstić information content (AvgIpc) is 3.13. The van der Waals surface area contributed by atoms with Crippen LogP contribution in [0, 0.1) is 0 Å². The third-order valence-electron chi connectivity index (χ3n) is 5.44. The molecule has 1 amide bonds. The van der Waals surface area contributed by atoms with E-state index >= 15 is 0 Å². The largest absolute Gasteiger partial charge is 0.336 e. The fourth-order valence-electron chi connectivity index (χ4n) is 4.03. The Morgan fingerprint density at radius 3 is 2.80 bits per heavy atom. The molecule has 2 aliphatic carbocycles. The molecule has 0 aliphatic heterocycles. The Kier molecular flexibility index (Phi) is 4.19. The van der Waals surface area contributed by atoms with Crippen LogP contribution in [0.5, 0.6) is 0 Å². The number of aromatic amines is 2. The molecule has 25 heavy (non-hydrogen) atoms. The number of carbonyl (C=O) groups is 1. The molecule has 0 unspecified atom stereocenters. The van der Waals surface area contributed by atoms with Gasteiger partial charge in [-0.3, -0.25) is 14.7 Å². The summed E-state index contributed by atoms with van der Waals surface area (Å²) in [6, 6.07) is 1.78. The van der Waals surface area contributed by atoms with Gasteiger partial charge in [0.15, 0.2) is 0 Å².